The fourth-order valence-corrected chi connectivity index (χ4v) is 1.90. The van der Waals surface area contributed by atoms with Gasteiger partial charge in [-0.1, -0.05) is 43.3 Å². The molecule has 2 rings (SSSR count). The summed E-state index contributed by atoms with van der Waals surface area (Å²) in [6.07, 6.45) is 3.07. The predicted octanol–water partition coefficient (Wildman–Crippen LogP) is 3.30. The van der Waals surface area contributed by atoms with Crippen LogP contribution in [0.15, 0.2) is 48.7 Å². The van der Waals surface area contributed by atoms with Gasteiger partial charge < -0.3 is 10.1 Å². The summed E-state index contributed by atoms with van der Waals surface area (Å²) in [7, 11) is 0. The maximum Gasteiger partial charge on any atom is 0.0892 e. The Labute approximate surface area is 121 Å². The molecule has 0 unspecified atom stereocenters. The maximum absolute atomic E-state index is 5.67. The van der Waals surface area contributed by atoms with Crippen LogP contribution in [0.5, 0.6) is 0 Å². The van der Waals surface area contributed by atoms with Crippen LogP contribution in [0, 0.1) is 0 Å². The van der Waals surface area contributed by atoms with E-state index in [0.717, 1.165) is 25.2 Å². The number of benzene rings is 1. The highest BCUT2D eigenvalue weighted by Crippen LogP contribution is 2.05. The molecule has 1 aromatic carbocycles. The Kier molecular flexibility index (Phi) is 6.21. The zero-order valence-electron chi connectivity index (χ0n) is 12.0. The molecular formula is C17H22N2O. The van der Waals surface area contributed by atoms with Crippen molar-refractivity contribution < 1.29 is 4.74 Å². The smallest absolute Gasteiger partial charge is 0.0892 e. The second kappa shape index (κ2) is 8.46. The van der Waals surface area contributed by atoms with Crippen LogP contribution in [0.25, 0.3) is 0 Å². The Bertz CT molecular complexity index is 482. The van der Waals surface area contributed by atoms with E-state index < -0.39 is 0 Å². The highest BCUT2D eigenvalue weighted by Gasteiger charge is 1.98. The molecule has 0 amide bonds. The van der Waals surface area contributed by atoms with E-state index in [9.17, 15) is 0 Å². The van der Waals surface area contributed by atoms with E-state index in [1.807, 2.05) is 30.5 Å². The van der Waals surface area contributed by atoms with E-state index >= 15 is 0 Å². The van der Waals surface area contributed by atoms with Crippen molar-refractivity contribution in [2.45, 2.75) is 33.1 Å². The number of pyridine rings is 1. The van der Waals surface area contributed by atoms with Crippen molar-refractivity contribution >= 4 is 0 Å². The normalized spacial score (nSPS) is 10.7. The molecule has 0 spiro atoms. The number of aromatic nitrogens is 1. The van der Waals surface area contributed by atoms with Gasteiger partial charge in [0.1, 0.15) is 0 Å². The monoisotopic (exact) mass is 270 g/mol. The molecule has 0 aliphatic rings. The quantitative estimate of drug-likeness (QED) is 0.747. The van der Waals surface area contributed by atoms with Gasteiger partial charge in [0.15, 0.2) is 0 Å². The maximum atomic E-state index is 5.67. The van der Waals surface area contributed by atoms with E-state index in [2.05, 4.69) is 35.4 Å². The Morgan fingerprint density at radius 3 is 2.55 bits per heavy atom. The predicted molar refractivity (Wildman–Crippen MR) is 81.2 cm³/mol. The molecule has 2 aromatic rings. The van der Waals surface area contributed by atoms with E-state index in [1.165, 1.54) is 11.1 Å². The topological polar surface area (TPSA) is 34.1 Å². The highest BCUT2D eigenvalue weighted by molar-refractivity contribution is 5.15. The molecule has 0 aliphatic heterocycles. The van der Waals surface area contributed by atoms with Crippen LogP contribution in [0.4, 0.5) is 0 Å². The molecular weight excluding hydrogens is 248 g/mol. The summed E-state index contributed by atoms with van der Waals surface area (Å²) in [4.78, 5) is 4.42. The van der Waals surface area contributed by atoms with Crippen LogP contribution in [-0.2, 0) is 24.5 Å². The zero-order chi connectivity index (χ0) is 14.0. The second-order valence-corrected chi connectivity index (χ2v) is 4.81. The molecule has 0 saturated carbocycles. The first-order chi connectivity index (χ1) is 9.88. The summed E-state index contributed by atoms with van der Waals surface area (Å²) in [5.74, 6) is 0. The summed E-state index contributed by atoms with van der Waals surface area (Å²) >= 11 is 0. The number of hydrogen-bond donors (Lipinski definition) is 1. The summed E-state index contributed by atoms with van der Waals surface area (Å²) in [6.45, 7) is 5.27. The van der Waals surface area contributed by atoms with Gasteiger partial charge in [0.2, 0.25) is 0 Å². The first-order valence-corrected chi connectivity index (χ1v) is 7.14. The van der Waals surface area contributed by atoms with Gasteiger partial charge in [0.05, 0.1) is 18.9 Å². The van der Waals surface area contributed by atoms with Crippen molar-refractivity contribution in [1.82, 2.24) is 10.3 Å². The lowest BCUT2D eigenvalue weighted by atomic mass is 10.2. The number of nitrogens with one attached hydrogen (secondary N) is 1. The van der Waals surface area contributed by atoms with Crippen LogP contribution in [0.1, 0.15) is 30.2 Å². The van der Waals surface area contributed by atoms with E-state index in [0.29, 0.717) is 13.2 Å². The zero-order valence-corrected chi connectivity index (χ0v) is 12.0. The SMILES string of the molecule is CCCNCc1ccc(COCc2ccccc2)nc1. The Morgan fingerprint density at radius 1 is 1.00 bits per heavy atom. The van der Waals surface area contributed by atoms with Gasteiger partial charge in [0, 0.05) is 12.7 Å². The Hall–Kier alpha value is -1.71. The van der Waals surface area contributed by atoms with Gasteiger partial charge in [-0.15, -0.1) is 0 Å². The van der Waals surface area contributed by atoms with Crippen LogP contribution < -0.4 is 5.32 Å². The largest absolute Gasteiger partial charge is 0.370 e. The van der Waals surface area contributed by atoms with Crippen LogP contribution in [-0.4, -0.2) is 11.5 Å². The van der Waals surface area contributed by atoms with Crippen molar-refractivity contribution in [3.05, 3.63) is 65.5 Å². The van der Waals surface area contributed by atoms with Crippen LogP contribution in [0.2, 0.25) is 0 Å². The lowest BCUT2D eigenvalue weighted by Crippen LogP contribution is -2.14. The van der Waals surface area contributed by atoms with Crippen molar-refractivity contribution in [2.75, 3.05) is 6.54 Å². The average Bonchev–Trinajstić information content (AvgIpc) is 2.50. The number of hydrogen-bond acceptors (Lipinski definition) is 3. The van der Waals surface area contributed by atoms with Gasteiger partial charge in [-0.2, -0.15) is 0 Å². The van der Waals surface area contributed by atoms with Crippen molar-refractivity contribution in [3.63, 3.8) is 0 Å². The Morgan fingerprint density at radius 2 is 1.85 bits per heavy atom. The fraction of sp³-hybridized carbons (Fsp3) is 0.353. The van der Waals surface area contributed by atoms with Gasteiger partial charge in [0.25, 0.3) is 0 Å². The molecule has 20 heavy (non-hydrogen) atoms. The molecule has 106 valence electrons. The molecule has 1 N–H and O–H groups in total. The van der Waals surface area contributed by atoms with Crippen molar-refractivity contribution in [3.8, 4) is 0 Å². The molecule has 3 nitrogen and oxygen atoms in total. The fourth-order valence-electron chi connectivity index (χ4n) is 1.90. The summed E-state index contributed by atoms with van der Waals surface area (Å²) < 4.78 is 5.67. The molecule has 0 aliphatic carbocycles. The van der Waals surface area contributed by atoms with Gasteiger partial charge >= 0.3 is 0 Å². The lowest BCUT2D eigenvalue weighted by Gasteiger charge is -2.06. The first kappa shape index (κ1) is 14.7. The van der Waals surface area contributed by atoms with Gasteiger partial charge in [-0.25, -0.2) is 0 Å². The minimum Gasteiger partial charge on any atom is -0.370 e. The summed E-state index contributed by atoms with van der Waals surface area (Å²) in [5.41, 5.74) is 3.37. The minimum absolute atomic E-state index is 0.553. The van der Waals surface area contributed by atoms with Crippen molar-refractivity contribution in [2.24, 2.45) is 0 Å². The molecule has 1 aromatic heterocycles. The highest BCUT2D eigenvalue weighted by atomic mass is 16.5. The molecule has 3 heteroatoms. The first-order valence-electron chi connectivity index (χ1n) is 7.14. The third-order valence-electron chi connectivity index (χ3n) is 3.00. The van der Waals surface area contributed by atoms with E-state index in [4.69, 9.17) is 4.74 Å². The number of rotatable bonds is 8. The molecule has 0 radical (unpaired) electrons. The lowest BCUT2D eigenvalue weighted by molar-refractivity contribution is 0.104. The van der Waals surface area contributed by atoms with E-state index in [-0.39, 0.29) is 0 Å². The molecule has 0 fully saturated rings. The standard InChI is InChI=1S/C17H22N2O/c1-2-10-18-11-16-8-9-17(19-12-16)14-20-13-15-6-4-3-5-7-15/h3-9,12,18H,2,10-11,13-14H2,1H3. The summed E-state index contributed by atoms with van der Waals surface area (Å²) in [6, 6.07) is 14.3. The van der Waals surface area contributed by atoms with Crippen LogP contribution in [0.3, 0.4) is 0 Å². The third kappa shape index (κ3) is 5.11. The van der Waals surface area contributed by atoms with Crippen LogP contribution >= 0.6 is 0 Å². The second-order valence-electron chi connectivity index (χ2n) is 4.81. The average molecular weight is 270 g/mol. The van der Waals surface area contributed by atoms with Crippen molar-refractivity contribution in [1.29, 1.82) is 0 Å². The molecule has 0 bridgehead atoms. The third-order valence-corrected chi connectivity index (χ3v) is 3.00. The molecule has 0 saturated heterocycles. The molecule has 1 heterocycles. The number of nitrogens with zero attached hydrogens (tertiary/aromatic N) is 1. The van der Waals surface area contributed by atoms with E-state index in [1.54, 1.807) is 0 Å². The number of ether oxygens (including phenoxy) is 1. The van der Waals surface area contributed by atoms with Gasteiger partial charge in [-0.3, -0.25) is 4.98 Å². The molecule has 0 atom stereocenters. The Balaban J connectivity index is 1.73. The van der Waals surface area contributed by atoms with Gasteiger partial charge in [-0.05, 0) is 30.2 Å². The minimum atomic E-state index is 0.553. The summed E-state index contributed by atoms with van der Waals surface area (Å²) in [5, 5.41) is 3.36.